The van der Waals surface area contributed by atoms with Crippen molar-refractivity contribution in [2.45, 2.75) is 301 Å². The summed E-state index contributed by atoms with van der Waals surface area (Å²) >= 11 is 0. The summed E-state index contributed by atoms with van der Waals surface area (Å²) in [4.78, 5) is 13.0. The van der Waals surface area contributed by atoms with E-state index in [1.54, 1.807) is 0 Å². The second-order valence-corrected chi connectivity index (χ2v) is 18.4. The van der Waals surface area contributed by atoms with Crippen LogP contribution in [-0.2, 0) is 14.3 Å². The average molecular weight is 842 g/mol. The number of hydrogen-bond donors (Lipinski definition) is 6. The first-order chi connectivity index (χ1) is 28.8. The minimum absolute atomic E-state index is 0.0384. The highest BCUT2D eigenvalue weighted by Crippen LogP contribution is 2.23. The molecule has 9 nitrogen and oxygen atoms in total. The highest BCUT2D eigenvalue weighted by molar-refractivity contribution is 5.76. The molecule has 59 heavy (non-hydrogen) atoms. The third-order valence-electron chi connectivity index (χ3n) is 12.6. The van der Waals surface area contributed by atoms with Crippen molar-refractivity contribution in [2.24, 2.45) is 0 Å². The molecule has 1 fully saturated rings. The molecule has 0 aromatic heterocycles. The topological polar surface area (TPSA) is 149 Å². The molecule has 6 N–H and O–H groups in total. The lowest BCUT2D eigenvalue weighted by atomic mass is 9.99. The number of nitrogens with one attached hydrogen (secondary N) is 1. The van der Waals surface area contributed by atoms with Gasteiger partial charge in [-0.25, -0.2) is 0 Å². The van der Waals surface area contributed by atoms with Crippen molar-refractivity contribution in [1.82, 2.24) is 5.32 Å². The molecule has 0 aromatic rings. The zero-order chi connectivity index (χ0) is 43.0. The highest BCUT2D eigenvalue weighted by atomic mass is 16.7. The summed E-state index contributed by atoms with van der Waals surface area (Å²) in [6.07, 6.45) is 39.6. The van der Waals surface area contributed by atoms with Crippen molar-refractivity contribution < 1.29 is 39.8 Å². The highest BCUT2D eigenvalue weighted by Gasteiger charge is 2.44. The fourth-order valence-electron chi connectivity index (χ4n) is 8.62. The van der Waals surface area contributed by atoms with Crippen molar-refractivity contribution in [3.8, 4) is 0 Å². The lowest BCUT2D eigenvalue weighted by Gasteiger charge is -2.40. The number of unbranched alkanes of at least 4 members (excludes halogenated alkanes) is 33. The van der Waals surface area contributed by atoms with Crippen LogP contribution >= 0.6 is 0 Å². The molecule has 1 aliphatic rings. The number of carbonyl (C=O) groups excluding carboxylic acids is 1. The van der Waals surface area contributed by atoms with Gasteiger partial charge in [0.05, 0.1) is 25.4 Å². The third kappa shape index (κ3) is 32.5. The minimum atomic E-state index is -1.53. The minimum Gasteiger partial charge on any atom is -0.394 e. The summed E-state index contributed by atoms with van der Waals surface area (Å²) in [5, 5.41) is 54.3. The van der Waals surface area contributed by atoms with Crippen LogP contribution in [0.5, 0.6) is 0 Å². The maximum atomic E-state index is 13.0. The number of rotatable bonds is 44. The number of aliphatic hydroxyl groups excluding tert-OH is 5. The Labute approximate surface area is 364 Å². The molecule has 0 aromatic carbocycles. The molecule has 0 spiro atoms. The summed E-state index contributed by atoms with van der Waals surface area (Å²) in [6.45, 7) is 3.96. The number of ether oxygens (including phenoxy) is 2. The zero-order valence-electron chi connectivity index (χ0n) is 38.8. The third-order valence-corrected chi connectivity index (χ3v) is 12.6. The van der Waals surface area contributed by atoms with E-state index in [0.29, 0.717) is 19.3 Å². The van der Waals surface area contributed by atoms with Crippen molar-refractivity contribution >= 4 is 5.91 Å². The second-order valence-electron chi connectivity index (χ2n) is 18.4. The monoisotopic (exact) mass is 842 g/mol. The van der Waals surface area contributed by atoms with Gasteiger partial charge in [0.25, 0.3) is 0 Å². The number of amides is 1. The quantitative estimate of drug-likeness (QED) is 0.0332. The van der Waals surface area contributed by atoms with E-state index < -0.39 is 49.5 Å². The first kappa shape index (κ1) is 56.2. The van der Waals surface area contributed by atoms with E-state index in [1.165, 1.54) is 193 Å². The van der Waals surface area contributed by atoms with Crippen molar-refractivity contribution in [3.63, 3.8) is 0 Å². The van der Waals surface area contributed by atoms with Gasteiger partial charge in [0.1, 0.15) is 24.4 Å². The maximum Gasteiger partial charge on any atom is 0.220 e. The Morgan fingerprint density at radius 1 is 0.525 bits per heavy atom. The molecule has 352 valence electrons. The van der Waals surface area contributed by atoms with E-state index in [4.69, 9.17) is 9.47 Å². The van der Waals surface area contributed by atoms with Crippen LogP contribution in [0.15, 0.2) is 0 Å². The molecule has 1 aliphatic heterocycles. The molecule has 9 heteroatoms. The van der Waals surface area contributed by atoms with Crippen LogP contribution in [0.3, 0.4) is 0 Å². The molecule has 3 unspecified atom stereocenters. The van der Waals surface area contributed by atoms with Crippen LogP contribution in [0.25, 0.3) is 0 Å². The fourth-order valence-corrected chi connectivity index (χ4v) is 8.62. The van der Waals surface area contributed by atoms with Crippen molar-refractivity contribution in [1.29, 1.82) is 0 Å². The SMILES string of the molecule is CCCCCCCCCCCCCCCCCCCCCCCCCC(=O)N[C@@H](CO[C@H]1OC(CO)[C@H](O)C(O)C1O)C[C@H](O)CCCCCCCCCCCCCC. The molecule has 1 heterocycles. The molecule has 1 amide bonds. The van der Waals surface area contributed by atoms with Crippen molar-refractivity contribution in [3.05, 3.63) is 0 Å². The molecular weight excluding hydrogens is 743 g/mol. The van der Waals surface area contributed by atoms with Crippen LogP contribution < -0.4 is 5.32 Å². The molecule has 0 radical (unpaired) electrons. The predicted octanol–water partition coefficient (Wildman–Crippen LogP) is 11.5. The van der Waals surface area contributed by atoms with Gasteiger partial charge in [-0.1, -0.05) is 232 Å². The summed E-state index contributed by atoms with van der Waals surface area (Å²) in [6, 6.07) is -0.508. The van der Waals surface area contributed by atoms with Crippen LogP contribution in [0.2, 0.25) is 0 Å². The summed E-state index contributed by atoms with van der Waals surface area (Å²) in [5.74, 6) is -0.0894. The molecular formula is C50H99NO8. The Morgan fingerprint density at radius 3 is 1.25 bits per heavy atom. The Bertz CT molecular complexity index is 893. The second kappa shape index (κ2) is 41.2. The molecule has 0 saturated carbocycles. The molecule has 1 saturated heterocycles. The lowest BCUT2D eigenvalue weighted by molar-refractivity contribution is -0.302. The Kier molecular flexibility index (Phi) is 39.3. The fraction of sp³-hybridized carbons (Fsp3) is 0.980. The summed E-state index contributed by atoms with van der Waals surface area (Å²) in [7, 11) is 0. The summed E-state index contributed by atoms with van der Waals surface area (Å²) in [5.41, 5.74) is 0. The van der Waals surface area contributed by atoms with Crippen LogP contribution in [0, 0.1) is 0 Å². The van der Waals surface area contributed by atoms with Crippen LogP contribution in [0.4, 0.5) is 0 Å². The van der Waals surface area contributed by atoms with Gasteiger partial charge in [0, 0.05) is 6.42 Å². The van der Waals surface area contributed by atoms with Gasteiger partial charge in [0.15, 0.2) is 6.29 Å². The van der Waals surface area contributed by atoms with Gasteiger partial charge in [-0.3, -0.25) is 4.79 Å². The first-order valence-electron chi connectivity index (χ1n) is 25.7. The van der Waals surface area contributed by atoms with Gasteiger partial charge in [-0.2, -0.15) is 0 Å². The van der Waals surface area contributed by atoms with Crippen molar-refractivity contribution in [2.75, 3.05) is 13.2 Å². The van der Waals surface area contributed by atoms with Crippen LogP contribution in [-0.4, -0.2) is 87.5 Å². The average Bonchev–Trinajstić information content (AvgIpc) is 3.23. The Hall–Kier alpha value is -0.810. The first-order valence-corrected chi connectivity index (χ1v) is 25.7. The van der Waals surface area contributed by atoms with E-state index >= 15 is 0 Å². The standard InChI is InChI=1S/C50H99NO8/c1-3-5-7-9-11-13-15-17-18-19-20-21-22-23-24-25-26-27-29-31-33-35-37-39-46(54)51-43(42-58-50-49(57)48(56)47(55)45(41-52)59-50)40-44(53)38-36-34-32-30-28-16-14-12-10-8-6-4-2/h43-45,47-50,52-53,55-57H,3-42H2,1-2H3,(H,51,54)/t43-,44-,45?,47+,48?,49?,50+/m1/s1. The molecule has 0 bridgehead atoms. The van der Waals surface area contributed by atoms with Gasteiger partial charge in [-0.15, -0.1) is 0 Å². The summed E-state index contributed by atoms with van der Waals surface area (Å²) < 4.78 is 11.3. The van der Waals surface area contributed by atoms with Gasteiger partial charge < -0.3 is 40.3 Å². The molecule has 1 rings (SSSR count). The lowest BCUT2D eigenvalue weighted by Crippen LogP contribution is -2.59. The Morgan fingerprint density at radius 2 is 0.881 bits per heavy atom. The smallest absolute Gasteiger partial charge is 0.220 e. The number of aliphatic hydroxyl groups is 5. The van der Waals surface area contributed by atoms with E-state index in [0.717, 1.165) is 32.1 Å². The van der Waals surface area contributed by atoms with E-state index in [1.807, 2.05) is 0 Å². The molecule has 0 aliphatic carbocycles. The Balaban J connectivity index is 2.20. The van der Waals surface area contributed by atoms with Gasteiger partial charge in [0.2, 0.25) is 5.91 Å². The largest absolute Gasteiger partial charge is 0.394 e. The van der Waals surface area contributed by atoms with E-state index in [9.17, 15) is 30.3 Å². The number of carbonyl (C=O) groups is 1. The number of hydrogen-bond acceptors (Lipinski definition) is 8. The van der Waals surface area contributed by atoms with Gasteiger partial charge in [-0.05, 0) is 19.3 Å². The van der Waals surface area contributed by atoms with E-state index in [2.05, 4.69) is 19.2 Å². The molecule has 7 atom stereocenters. The van der Waals surface area contributed by atoms with Gasteiger partial charge >= 0.3 is 0 Å². The van der Waals surface area contributed by atoms with Crippen LogP contribution in [0.1, 0.15) is 258 Å². The van der Waals surface area contributed by atoms with E-state index in [-0.39, 0.29) is 12.5 Å². The normalized spacial score (nSPS) is 20.6. The predicted molar refractivity (Wildman–Crippen MR) is 244 cm³/mol. The zero-order valence-corrected chi connectivity index (χ0v) is 38.8. The maximum absolute atomic E-state index is 13.0.